The first-order valence-corrected chi connectivity index (χ1v) is 5.63. The van der Waals surface area contributed by atoms with Gasteiger partial charge in [-0.3, -0.25) is 0 Å². The Labute approximate surface area is 90.2 Å². The Morgan fingerprint density at radius 3 is 2.60 bits per heavy atom. The number of rotatable bonds is 2. The first kappa shape index (κ1) is 10.6. The SMILES string of the molecule is CC1(C)CCC(c2noc(CN)n2)CC1. The second-order valence-corrected chi connectivity index (χ2v) is 5.19. The number of aromatic nitrogens is 2. The molecular formula is C11H19N3O. The minimum atomic E-state index is 0.339. The zero-order valence-electron chi connectivity index (χ0n) is 9.49. The van der Waals surface area contributed by atoms with E-state index in [1.54, 1.807) is 0 Å². The van der Waals surface area contributed by atoms with Crippen molar-refractivity contribution >= 4 is 0 Å². The molecule has 1 aromatic rings. The lowest BCUT2D eigenvalue weighted by Gasteiger charge is -2.32. The van der Waals surface area contributed by atoms with Crippen LogP contribution in [0.25, 0.3) is 0 Å². The minimum Gasteiger partial charge on any atom is -0.338 e. The van der Waals surface area contributed by atoms with Crippen LogP contribution < -0.4 is 5.73 Å². The van der Waals surface area contributed by atoms with Gasteiger partial charge in [0.1, 0.15) is 0 Å². The molecule has 0 atom stereocenters. The quantitative estimate of drug-likeness (QED) is 0.811. The maximum atomic E-state index is 5.44. The molecule has 0 unspecified atom stereocenters. The van der Waals surface area contributed by atoms with Crippen molar-refractivity contribution in [3.63, 3.8) is 0 Å². The lowest BCUT2D eigenvalue weighted by atomic mass is 9.73. The summed E-state index contributed by atoms with van der Waals surface area (Å²) in [6.45, 7) is 4.99. The van der Waals surface area contributed by atoms with Gasteiger partial charge in [0.25, 0.3) is 0 Å². The van der Waals surface area contributed by atoms with E-state index in [1.807, 2.05) is 0 Å². The van der Waals surface area contributed by atoms with E-state index in [9.17, 15) is 0 Å². The van der Waals surface area contributed by atoms with Gasteiger partial charge in [0, 0.05) is 5.92 Å². The second kappa shape index (κ2) is 3.93. The van der Waals surface area contributed by atoms with Crippen LogP contribution in [0.2, 0.25) is 0 Å². The fraction of sp³-hybridized carbons (Fsp3) is 0.818. The van der Waals surface area contributed by atoms with Gasteiger partial charge in [0.15, 0.2) is 5.82 Å². The van der Waals surface area contributed by atoms with Gasteiger partial charge in [-0.1, -0.05) is 19.0 Å². The highest BCUT2D eigenvalue weighted by Crippen LogP contribution is 2.41. The molecule has 84 valence electrons. The lowest BCUT2D eigenvalue weighted by Crippen LogP contribution is -2.20. The summed E-state index contributed by atoms with van der Waals surface area (Å²) < 4.78 is 5.03. The third-order valence-electron chi connectivity index (χ3n) is 3.36. The van der Waals surface area contributed by atoms with Crippen LogP contribution in [0.4, 0.5) is 0 Å². The van der Waals surface area contributed by atoms with E-state index in [0.29, 0.717) is 23.8 Å². The molecule has 2 N–H and O–H groups in total. The summed E-state index contributed by atoms with van der Waals surface area (Å²) in [7, 11) is 0. The zero-order valence-corrected chi connectivity index (χ0v) is 9.49. The van der Waals surface area contributed by atoms with Crippen molar-refractivity contribution in [3.8, 4) is 0 Å². The Morgan fingerprint density at radius 1 is 1.40 bits per heavy atom. The molecule has 0 radical (unpaired) electrons. The van der Waals surface area contributed by atoms with Crippen LogP contribution in [0.1, 0.15) is 57.2 Å². The summed E-state index contributed by atoms with van der Waals surface area (Å²) in [6.07, 6.45) is 4.81. The molecule has 1 aromatic heterocycles. The highest BCUT2D eigenvalue weighted by molar-refractivity contribution is 4.98. The molecule has 0 amide bonds. The van der Waals surface area contributed by atoms with Crippen molar-refractivity contribution in [1.29, 1.82) is 0 Å². The van der Waals surface area contributed by atoms with Crippen LogP contribution in [0.5, 0.6) is 0 Å². The van der Waals surface area contributed by atoms with Crippen molar-refractivity contribution < 1.29 is 4.52 Å². The highest BCUT2D eigenvalue weighted by Gasteiger charge is 2.29. The summed E-state index contributed by atoms with van der Waals surface area (Å²) in [5.74, 6) is 1.88. The first-order valence-electron chi connectivity index (χ1n) is 5.63. The van der Waals surface area contributed by atoms with Gasteiger partial charge in [-0.25, -0.2) is 0 Å². The van der Waals surface area contributed by atoms with Gasteiger partial charge >= 0.3 is 0 Å². The van der Waals surface area contributed by atoms with Crippen molar-refractivity contribution in [3.05, 3.63) is 11.7 Å². The van der Waals surface area contributed by atoms with Crippen LogP contribution in [0.3, 0.4) is 0 Å². The normalized spacial score (nSPS) is 21.8. The second-order valence-electron chi connectivity index (χ2n) is 5.19. The van der Waals surface area contributed by atoms with Crippen LogP contribution >= 0.6 is 0 Å². The van der Waals surface area contributed by atoms with E-state index in [0.717, 1.165) is 18.7 Å². The van der Waals surface area contributed by atoms with Gasteiger partial charge in [-0.05, 0) is 31.1 Å². The van der Waals surface area contributed by atoms with Gasteiger partial charge in [-0.15, -0.1) is 0 Å². The molecule has 1 fully saturated rings. The monoisotopic (exact) mass is 209 g/mol. The van der Waals surface area contributed by atoms with E-state index in [2.05, 4.69) is 24.0 Å². The Bertz CT molecular complexity index is 322. The first-order chi connectivity index (χ1) is 7.11. The third kappa shape index (κ3) is 2.37. The maximum absolute atomic E-state index is 5.44. The Hall–Kier alpha value is -0.900. The van der Waals surface area contributed by atoms with E-state index >= 15 is 0 Å². The molecule has 0 aromatic carbocycles. The molecule has 0 bridgehead atoms. The van der Waals surface area contributed by atoms with Crippen molar-refractivity contribution in [2.75, 3.05) is 0 Å². The number of hydrogen-bond acceptors (Lipinski definition) is 4. The largest absolute Gasteiger partial charge is 0.338 e. The van der Waals surface area contributed by atoms with Crippen LogP contribution in [0, 0.1) is 5.41 Å². The number of nitrogens with two attached hydrogens (primary N) is 1. The Morgan fingerprint density at radius 2 is 2.07 bits per heavy atom. The molecule has 4 nitrogen and oxygen atoms in total. The van der Waals surface area contributed by atoms with Crippen molar-refractivity contribution in [1.82, 2.24) is 10.1 Å². The lowest BCUT2D eigenvalue weighted by molar-refractivity contribution is 0.218. The summed E-state index contributed by atoms with van der Waals surface area (Å²) >= 11 is 0. The molecule has 1 aliphatic rings. The Kier molecular flexibility index (Phi) is 2.78. The topological polar surface area (TPSA) is 64.9 Å². The maximum Gasteiger partial charge on any atom is 0.240 e. The molecule has 0 aliphatic heterocycles. The number of hydrogen-bond donors (Lipinski definition) is 1. The van der Waals surface area contributed by atoms with Gasteiger partial charge < -0.3 is 10.3 Å². The summed E-state index contributed by atoms with van der Waals surface area (Å²) in [5.41, 5.74) is 5.92. The fourth-order valence-corrected chi connectivity index (χ4v) is 2.17. The van der Waals surface area contributed by atoms with E-state index < -0.39 is 0 Å². The van der Waals surface area contributed by atoms with Crippen LogP contribution in [0.15, 0.2) is 4.52 Å². The smallest absolute Gasteiger partial charge is 0.240 e. The summed E-state index contributed by atoms with van der Waals surface area (Å²) in [5, 5.41) is 3.99. The molecule has 0 saturated heterocycles. The van der Waals surface area contributed by atoms with E-state index in [4.69, 9.17) is 10.3 Å². The Balaban J connectivity index is 2.01. The van der Waals surface area contributed by atoms with Crippen LogP contribution in [-0.2, 0) is 6.54 Å². The van der Waals surface area contributed by atoms with Gasteiger partial charge in [0.2, 0.25) is 5.89 Å². The van der Waals surface area contributed by atoms with Crippen LogP contribution in [-0.4, -0.2) is 10.1 Å². The summed E-state index contributed by atoms with van der Waals surface area (Å²) in [6, 6.07) is 0. The molecule has 2 rings (SSSR count). The van der Waals surface area contributed by atoms with Crippen molar-refractivity contribution in [2.45, 2.75) is 52.0 Å². The molecular weight excluding hydrogens is 190 g/mol. The molecule has 1 heterocycles. The molecule has 1 aliphatic carbocycles. The standard InChI is InChI=1S/C11H19N3O/c1-11(2)5-3-8(4-6-11)10-13-9(7-12)15-14-10/h8H,3-7,12H2,1-2H3. The predicted molar refractivity (Wildman–Crippen MR) is 57.2 cm³/mol. The fourth-order valence-electron chi connectivity index (χ4n) is 2.17. The van der Waals surface area contributed by atoms with E-state index in [1.165, 1.54) is 12.8 Å². The molecule has 0 spiro atoms. The molecule has 4 heteroatoms. The average Bonchev–Trinajstić information content (AvgIpc) is 2.66. The molecule has 1 saturated carbocycles. The predicted octanol–water partition coefficient (Wildman–Crippen LogP) is 2.21. The average molecular weight is 209 g/mol. The minimum absolute atomic E-state index is 0.339. The number of nitrogens with zero attached hydrogens (tertiary/aromatic N) is 2. The molecule has 15 heavy (non-hydrogen) atoms. The van der Waals surface area contributed by atoms with E-state index in [-0.39, 0.29) is 0 Å². The third-order valence-corrected chi connectivity index (χ3v) is 3.36. The van der Waals surface area contributed by atoms with Gasteiger partial charge in [-0.2, -0.15) is 4.98 Å². The van der Waals surface area contributed by atoms with Crippen molar-refractivity contribution in [2.24, 2.45) is 11.1 Å². The van der Waals surface area contributed by atoms with Gasteiger partial charge in [0.05, 0.1) is 6.54 Å². The summed E-state index contributed by atoms with van der Waals surface area (Å²) in [4.78, 5) is 4.30. The zero-order chi connectivity index (χ0) is 10.9. The highest BCUT2D eigenvalue weighted by atomic mass is 16.5.